The molecule has 6 nitrogen and oxygen atoms in total. The smallest absolute Gasteiger partial charge is 0.306 e. The van der Waals surface area contributed by atoms with Crippen LogP contribution in [0, 0.1) is 0 Å². The molecule has 0 aliphatic carbocycles. The van der Waals surface area contributed by atoms with Crippen LogP contribution < -0.4 is 0 Å². The van der Waals surface area contributed by atoms with Gasteiger partial charge in [-0.2, -0.15) is 0 Å². The maximum absolute atomic E-state index is 12.9. The van der Waals surface area contributed by atoms with Crippen LogP contribution in [0.3, 0.4) is 0 Å². The molecule has 0 rings (SSSR count). The molecule has 0 amide bonds. The van der Waals surface area contributed by atoms with Gasteiger partial charge in [-0.1, -0.05) is 275 Å². The topological polar surface area (TPSA) is 78.9 Å². The zero-order valence-corrected chi connectivity index (χ0v) is 46.8. The minimum absolute atomic E-state index is 0.0793. The lowest BCUT2D eigenvalue weighted by Gasteiger charge is -2.18. The molecule has 6 heteroatoms. The molecule has 70 heavy (non-hydrogen) atoms. The fourth-order valence-corrected chi connectivity index (χ4v) is 8.92. The third kappa shape index (κ3) is 56.3. The lowest BCUT2D eigenvalue weighted by Crippen LogP contribution is -2.30. The van der Waals surface area contributed by atoms with E-state index in [0.717, 1.165) is 89.9 Å². The van der Waals surface area contributed by atoms with Crippen molar-refractivity contribution < 1.29 is 28.6 Å². The lowest BCUT2D eigenvalue weighted by atomic mass is 10.0. The Labute approximate surface area is 435 Å². The highest BCUT2D eigenvalue weighted by molar-refractivity contribution is 5.71. The Morgan fingerprint density at radius 1 is 0.286 bits per heavy atom. The van der Waals surface area contributed by atoms with Gasteiger partial charge in [0.25, 0.3) is 0 Å². The Kier molecular flexibility index (Phi) is 56.7. The summed E-state index contributed by atoms with van der Waals surface area (Å²) < 4.78 is 16.9. The fourth-order valence-electron chi connectivity index (χ4n) is 8.92. The summed E-state index contributed by atoms with van der Waals surface area (Å²) in [5.41, 5.74) is 0. The van der Waals surface area contributed by atoms with Crippen molar-refractivity contribution in [2.75, 3.05) is 13.2 Å². The predicted molar refractivity (Wildman–Crippen MR) is 302 cm³/mol. The maximum Gasteiger partial charge on any atom is 0.306 e. The van der Waals surface area contributed by atoms with Crippen molar-refractivity contribution in [1.29, 1.82) is 0 Å². The van der Waals surface area contributed by atoms with Crippen LogP contribution >= 0.6 is 0 Å². The van der Waals surface area contributed by atoms with Gasteiger partial charge in [0.05, 0.1) is 0 Å². The quantitative estimate of drug-likeness (QED) is 0.0261. The van der Waals surface area contributed by atoms with Gasteiger partial charge in [-0.15, -0.1) is 0 Å². The molecule has 408 valence electrons. The molecular formula is C64H116O6. The number of ether oxygens (including phenoxy) is 3. The van der Waals surface area contributed by atoms with Crippen LogP contribution in [0.1, 0.15) is 323 Å². The predicted octanol–water partition coefficient (Wildman–Crippen LogP) is 20.6. The number of carbonyl (C=O) groups is 3. The summed E-state index contributed by atoms with van der Waals surface area (Å²) in [6.45, 7) is 6.59. The number of unbranched alkanes of at least 4 members (excludes halogenated alkanes) is 37. The van der Waals surface area contributed by atoms with Gasteiger partial charge in [-0.25, -0.2) is 0 Å². The van der Waals surface area contributed by atoms with Crippen molar-refractivity contribution in [1.82, 2.24) is 0 Å². The Balaban J connectivity index is 4.27. The standard InChI is InChI=1S/C64H116O6/c1-4-7-10-13-16-19-22-24-26-28-30-32-34-36-38-40-42-45-48-51-54-57-63(66)69-60-61(59-68-62(65)56-53-50-47-44-21-18-15-12-9-6-3)70-64(67)58-55-52-49-46-43-41-39-37-35-33-31-29-27-25-23-20-17-14-11-8-5-2/h12,15,22,24,28,30,34,36,61H,4-11,13-14,16-21,23,25-27,29,31-33,35,37-60H2,1-3H3/b15-12-,24-22-,30-28-,36-34-. The van der Waals surface area contributed by atoms with Gasteiger partial charge < -0.3 is 14.2 Å². The van der Waals surface area contributed by atoms with Gasteiger partial charge in [-0.3, -0.25) is 14.4 Å². The van der Waals surface area contributed by atoms with Gasteiger partial charge in [0.15, 0.2) is 6.10 Å². The Morgan fingerprint density at radius 3 is 0.871 bits per heavy atom. The molecule has 0 heterocycles. The average Bonchev–Trinajstić information content (AvgIpc) is 3.36. The minimum Gasteiger partial charge on any atom is -0.462 e. The summed E-state index contributed by atoms with van der Waals surface area (Å²) in [6, 6.07) is 0. The molecule has 0 N–H and O–H groups in total. The first kappa shape index (κ1) is 67.4. The molecule has 0 aromatic heterocycles. The Morgan fingerprint density at radius 2 is 0.543 bits per heavy atom. The highest BCUT2D eigenvalue weighted by Crippen LogP contribution is 2.17. The van der Waals surface area contributed by atoms with Gasteiger partial charge in [0.2, 0.25) is 0 Å². The molecule has 0 fully saturated rings. The van der Waals surface area contributed by atoms with Crippen molar-refractivity contribution in [3.63, 3.8) is 0 Å². The van der Waals surface area contributed by atoms with Crippen LogP contribution in [0.15, 0.2) is 48.6 Å². The number of hydrogen-bond acceptors (Lipinski definition) is 6. The van der Waals surface area contributed by atoms with E-state index in [1.54, 1.807) is 0 Å². The van der Waals surface area contributed by atoms with Crippen LogP contribution in [0.5, 0.6) is 0 Å². The van der Waals surface area contributed by atoms with E-state index in [4.69, 9.17) is 14.2 Å². The molecule has 1 unspecified atom stereocenters. The number of hydrogen-bond donors (Lipinski definition) is 0. The third-order valence-corrected chi connectivity index (χ3v) is 13.5. The molecule has 0 bridgehead atoms. The van der Waals surface area contributed by atoms with Crippen molar-refractivity contribution >= 4 is 17.9 Å². The summed E-state index contributed by atoms with van der Waals surface area (Å²) in [6.07, 6.45) is 72.6. The molecular weight excluding hydrogens is 865 g/mol. The minimum atomic E-state index is -0.780. The van der Waals surface area contributed by atoms with Gasteiger partial charge in [0.1, 0.15) is 13.2 Å². The molecule has 0 spiro atoms. The Bertz CT molecular complexity index is 1220. The van der Waals surface area contributed by atoms with Crippen molar-refractivity contribution in [3.05, 3.63) is 48.6 Å². The molecule has 0 aromatic carbocycles. The van der Waals surface area contributed by atoms with Crippen LogP contribution in [-0.2, 0) is 28.6 Å². The first-order valence-corrected chi connectivity index (χ1v) is 30.6. The van der Waals surface area contributed by atoms with E-state index in [1.165, 1.54) is 193 Å². The van der Waals surface area contributed by atoms with Gasteiger partial charge >= 0.3 is 17.9 Å². The summed E-state index contributed by atoms with van der Waals surface area (Å²) in [5.74, 6) is -0.885. The number of allylic oxidation sites excluding steroid dienone is 8. The van der Waals surface area contributed by atoms with E-state index < -0.39 is 6.10 Å². The second-order valence-corrected chi connectivity index (χ2v) is 20.6. The summed E-state index contributed by atoms with van der Waals surface area (Å²) in [7, 11) is 0. The largest absolute Gasteiger partial charge is 0.462 e. The van der Waals surface area contributed by atoms with Crippen molar-refractivity contribution in [3.8, 4) is 0 Å². The second kappa shape index (κ2) is 58.9. The number of rotatable bonds is 56. The molecule has 0 radical (unpaired) electrons. The third-order valence-electron chi connectivity index (χ3n) is 13.5. The molecule has 0 aliphatic heterocycles. The highest BCUT2D eigenvalue weighted by atomic mass is 16.6. The molecule has 0 aliphatic rings. The normalized spacial score (nSPS) is 12.3. The van der Waals surface area contributed by atoms with E-state index in [1.807, 2.05) is 0 Å². The first-order chi connectivity index (χ1) is 34.5. The van der Waals surface area contributed by atoms with Gasteiger partial charge in [-0.05, 0) is 77.0 Å². The van der Waals surface area contributed by atoms with E-state index >= 15 is 0 Å². The zero-order chi connectivity index (χ0) is 50.7. The second-order valence-electron chi connectivity index (χ2n) is 20.6. The van der Waals surface area contributed by atoms with E-state index in [2.05, 4.69) is 69.4 Å². The molecule has 1 atom stereocenters. The number of esters is 3. The van der Waals surface area contributed by atoms with Crippen LogP contribution in [0.25, 0.3) is 0 Å². The van der Waals surface area contributed by atoms with Gasteiger partial charge in [0, 0.05) is 19.3 Å². The lowest BCUT2D eigenvalue weighted by molar-refractivity contribution is -0.167. The molecule has 0 aromatic rings. The van der Waals surface area contributed by atoms with Crippen LogP contribution in [0.2, 0.25) is 0 Å². The van der Waals surface area contributed by atoms with E-state index in [9.17, 15) is 14.4 Å². The maximum atomic E-state index is 12.9. The van der Waals surface area contributed by atoms with Crippen LogP contribution in [-0.4, -0.2) is 37.2 Å². The summed E-state index contributed by atoms with van der Waals surface area (Å²) >= 11 is 0. The zero-order valence-electron chi connectivity index (χ0n) is 46.8. The molecule has 0 saturated carbocycles. The van der Waals surface area contributed by atoms with Crippen molar-refractivity contribution in [2.24, 2.45) is 0 Å². The average molecular weight is 982 g/mol. The van der Waals surface area contributed by atoms with Crippen LogP contribution in [0.4, 0.5) is 0 Å². The summed E-state index contributed by atoms with van der Waals surface area (Å²) in [5, 5.41) is 0. The first-order valence-electron chi connectivity index (χ1n) is 30.6. The van der Waals surface area contributed by atoms with Crippen molar-refractivity contribution in [2.45, 2.75) is 329 Å². The molecule has 0 saturated heterocycles. The summed E-state index contributed by atoms with van der Waals surface area (Å²) in [4.78, 5) is 38.1. The van der Waals surface area contributed by atoms with E-state index in [0.29, 0.717) is 19.3 Å². The monoisotopic (exact) mass is 981 g/mol. The van der Waals surface area contributed by atoms with E-state index in [-0.39, 0.29) is 31.1 Å². The number of carbonyl (C=O) groups excluding carboxylic acids is 3. The Hall–Kier alpha value is -2.63. The highest BCUT2D eigenvalue weighted by Gasteiger charge is 2.19. The fraction of sp³-hybridized carbons (Fsp3) is 0.828. The SMILES string of the molecule is CCC/C=C\CCCCCCCC(=O)OCC(COC(=O)CCCCCCCC/C=C\C/C=C\C/C=C\CCCCCCC)OC(=O)CCCCCCCCCCCCCCCCCCCCCCC.